The first kappa shape index (κ1) is 15.8. The van der Waals surface area contributed by atoms with Crippen LogP contribution in [0.5, 0.6) is 0 Å². The fraction of sp³-hybridized carbons (Fsp3) is 0.923. The molecule has 106 valence electrons. The van der Waals surface area contributed by atoms with Gasteiger partial charge in [-0.05, 0) is 20.9 Å². The van der Waals surface area contributed by atoms with Gasteiger partial charge in [0.1, 0.15) is 0 Å². The van der Waals surface area contributed by atoms with E-state index in [9.17, 15) is 0 Å². The van der Waals surface area contributed by atoms with Crippen LogP contribution in [0.15, 0.2) is 0 Å². The van der Waals surface area contributed by atoms with Crippen molar-refractivity contribution in [1.29, 1.82) is 0 Å². The molecule has 2 N–H and O–H groups in total. The highest BCUT2D eigenvalue weighted by atomic mass is 32.1. The second-order valence-electron chi connectivity index (χ2n) is 5.61. The molecule has 2 unspecified atom stereocenters. The monoisotopic (exact) mass is 273 g/mol. The number of morpholine rings is 1. The van der Waals surface area contributed by atoms with Crippen molar-refractivity contribution in [3.05, 3.63) is 0 Å². The molecule has 4 nitrogen and oxygen atoms in total. The smallest absolute Gasteiger partial charge is 0.0829 e. The molecule has 0 aromatic carbocycles. The molecule has 5 heteroatoms. The van der Waals surface area contributed by atoms with Crippen LogP contribution in [-0.4, -0.2) is 66.8 Å². The Labute approximate surface area is 116 Å². The lowest BCUT2D eigenvalue weighted by molar-refractivity contribution is -0.0499. The summed E-state index contributed by atoms with van der Waals surface area (Å²) in [7, 11) is 2.10. The Morgan fingerprint density at radius 1 is 1.50 bits per heavy atom. The normalized spacial score (nSPS) is 23.6. The van der Waals surface area contributed by atoms with E-state index in [1.165, 1.54) is 0 Å². The SMILES string of the molecule is CC(CN(C)CC1CN(C(C)C)CCO1)C(N)=S. The molecule has 0 saturated carbocycles. The Kier molecular flexibility index (Phi) is 6.49. The minimum Gasteiger partial charge on any atom is -0.393 e. The third-order valence-corrected chi connectivity index (χ3v) is 3.89. The van der Waals surface area contributed by atoms with Crippen LogP contribution in [0, 0.1) is 5.92 Å². The predicted octanol–water partition coefficient (Wildman–Crippen LogP) is 0.950. The van der Waals surface area contributed by atoms with Crippen molar-refractivity contribution in [2.75, 3.05) is 39.8 Å². The zero-order valence-corrected chi connectivity index (χ0v) is 12.9. The number of likely N-dealkylation sites (N-methyl/N-ethyl adjacent to an activating group) is 1. The van der Waals surface area contributed by atoms with Gasteiger partial charge in [-0.1, -0.05) is 19.1 Å². The maximum atomic E-state index is 5.82. The highest BCUT2D eigenvalue weighted by Gasteiger charge is 2.23. The number of ether oxygens (including phenoxy) is 1. The molecule has 1 aliphatic rings. The standard InChI is InChI=1S/C13H27N3OS/c1-10(2)16-5-6-17-12(9-16)8-15(4)7-11(3)13(14)18/h10-12H,5-9H2,1-4H3,(H2,14,18). The Bertz CT molecular complexity index is 273. The molecular weight excluding hydrogens is 246 g/mol. The third-order valence-electron chi connectivity index (χ3n) is 3.49. The maximum absolute atomic E-state index is 5.82. The van der Waals surface area contributed by atoms with Crippen LogP contribution >= 0.6 is 12.2 Å². The van der Waals surface area contributed by atoms with E-state index in [1.807, 2.05) is 0 Å². The number of thiocarbonyl (C=S) groups is 1. The molecule has 1 saturated heterocycles. The van der Waals surface area contributed by atoms with Gasteiger partial charge >= 0.3 is 0 Å². The summed E-state index contributed by atoms with van der Waals surface area (Å²) in [4.78, 5) is 5.33. The van der Waals surface area contributed by atoms with E-state index in [0.29, 0.717) is 17.1 Å². The van der Waals surface area contributed by atoms with Crippen LogP contribution in [-0.2, 0) is 4.74 Å². The lowest BCUT2D eigenvalue weighted by Crippen LogP contribution is -2.49. The van der Waals surface area contributed by atoms with Gasteiger partial charge < -0.3 is 15.4 Å². The second kappa shape index (κ2) is 7.38. The molecule has 0 amide bonds. The molecule has 0 spiro atoms. The number of nitrogens with zero attached hydrogens (tertiary/aromatic N) is 2. The summed E-state index contributed by atoms with van der Waals surface area (Å²) >= 11 is 5.01. The quantitative estimate of drug-likeness (QED) is 0.730. The van der Waals surface area contributed by atoms with Crippen LogP contribution in [0.3, 0.4) is 0 Å². The van der Waals surface area contributed by atoms with Crippen LogP contribution in [0.2, 0.25) is 0 Å². The minimum atomic E-state index is 0.259. The highest BCUT2D eigenvalue weighted by Crippen LogP contribution is 2.10. The summed E-state index contributed by atoms with van der Waals surface area (Å²) in [6, 6.07) is 0.595. The first-order valence-corrected chi connectivity index (χ1v) is 7.14. The van der Waals surface area contributed by atoms with Crippen LogP contribution in [0.4, 0.5) is 0 Å². The second-order valence-corrected chi connectivity index (χ2v) is 6.08. The first-order chi connectivity index (χ1) is 8.40. The average molecular weight is 273 g/mol. The van der Waals surface area contributed by atoms with E-state index in [1.54, 1.807) is 0 Å². The molecule has 18 heavy (non-hydrogen) atoms. The topological polar surface area (TPSA) is 41.7 Å². The number of nitrogens with two attached hydrogens (primary N) is 1. The van der Waals surface area contributed by atoms with E-state index in [2.05, 4.69) is 37.6 Å². The lowest BCUT2D eigenvalue weighted by Gasteiger charge is -2.37. The van der Waals surface area contributed by atoms with E-state index in [4.69, 9.17) is 22.7 Å². The van der Waals surface area contributed by atoms with Crippen molar-refractivity contribution in [1.82, 2.24) is 9.80 Å². The van der Waals surface area contributed by atoms with Gasteiger partial charge in [-0.25, -0.2) is 0 Å². The molecule has 1 rings (SSSR count). The lowest BCUT2D eigenvalue weighted by atomic mass is 10.1. The van der Waals surface area contributed by atoms with Crippen molar-refractivity contribution in [2.45, 2.75) is 32.9 Å². The average Bonchev–Trinajstić information content (AvgIpc) is 2.28. The van der Waals surface area contributed by atoms with E-state index in [0.717, 1.165) is 32.8 Å². The van der Waals surface area contributed by atoms with Gasteiger partial charge in [-0.2, -0.15) is 0 Å². The summed E-state index contributed by atoms with van der Waals surface area (Å²) in [6.45, 7) is 11.3. The van der Waals surface area contributed by atoms with Crippen molar-refractivity contribution in [3.63, 3.8) is 0 Å². The van der Waals surface area contributed by atoms with Gasteiger partial charge in [-0.3, -0.25) is 4.90 Å². The zero-order chi connectivity index (χ0) is 13.7. The Balaban J connectivity index is 2.35. The minimum absolute atomic E-state index is 0.259. The zero-order valence-electron chi connectivity index (χ0n) is 12.1. The molecule has 0 radical (unpaired) electrons. The van der Waals surface area contributed by atoms with Crippen molar-refractivity contribution >= 4 is 17.2 Å². The Morgan fingerprint density at radius 2 is 2.17 bits per heavy atom. The molecule has 2 atom stereocenters. The molecule has 0 aliphatic carbocycles. The molecule has 1 heterocycles. The molecule has 1 aliphatic heterocycles. The van der Waals surface area contributed by atoms with Crippen LogP contribution in [0.1, 0.15) is 20.8 Å². The van der Waals surface area contributed by atoms with E-state index in [-0.39, 0.29) is 5.92 Å². The van der Waals surface area contributed by atoms with E-state index >= 15 is 0 Å². The molecular formula is C13H27N3OS. The first-order valence-electron chi connectivity index (χ1n) is 6.73. The summed E-state index contributed by atoms with van der Waals surface area (Å²) in [5.74, 6) is 0.259. The number of hydrogen-bond acceptors (Lipinski definition) is 4. The largest absolute Gasteiger partial charge is 0.393 e. The third kappa shape index (κ3) is 5.18. The molecule has 0 aromatic rings. The van der Waals surface area contributed by atoms with Gasteiger partial charge in [-0.15, -0.1) is 0 Å². The maximum Gasteiger partial charge on any atom is 0.0829 e. The molecule has 0 aromatic heterocycles. The summed E-state index contributed by atoms with van der Waals surface area (Å²) in [5.41, 5.74) is 5.64. The number of hydrogen-bond donors (Lipinski definition) is 1. The summed E-state index contributed by atoms with van der Waals surface area (Å²) < 4.78 is 5.82. The molecule has 0 bridgehead atoms. The fourth-order valence-corrected chi connectivity index (χ4v) is 2.38. The van der Waals surface area contributed by atoms with Gasteiger partial charge in [0.05, 0.1) is 17.7 Å². The highest BCUT2D eigenvalue weighted by molar-refractivity contribution is 7.80. The van der Waals surface area contributed by atoms with Crippen molar-refractivity contribution in [2.24, 2.45) is 11.7 Å². The number of rotatable bonds is 6. The van der Waals surface area contributed by atoms with Gasteiger partial charge in [0, 0.05) is 38.1 Å². The van der Waals surface area contributed by atoms with Gasteiger partial charge in [0.25, 0.3) is 0 Å². The summed E-state index contributed by atoms with van der Waals surface area (Å²) in [5, 5.41) is 0. The molecule has 1 fully saturated rings. The van der Waals surface area contributed by atoms with Crippen molar-refractivity contribution in [3.8, 4) is 0 Å². The Morgan fingerprint density at radius 3 is 2.72 bits per heavy atom. The fourth-order valence-electron chi connectivity index (χ4n) is 2.30. The van der Waals surface area contributed by atoms with Crippen LogP contribution in [0.25, 0.3) is 0 Å². The van der Waals surface area contributed by atoms with E-state index < -0.39 is 0 Å². The van der Waals surface area contributed by atoms with Crippen molar-refractivity contribution < 1.29 is 4.74 Å². The Hall–Kier alpha value is -0.230. The predicted molar refractivity (Wildman–Crippen MR) is 79.9 cm³/mol. The summed E-state index contributed by atoms with van der Waals surface area (Å²) in [6.07, 6.45) is 0.296. The van der Waals surface area contributed by atoms with Crippen LogP contribution < -0.4 is 5.73 Å². The van der Waals surface area contributed by atoms with Gasteiger partial charge in [0.15, 0.2) is 0 Å². The van der Waals surface area contributed by atoms with Gasteiger partial charge in [0.2, 0.25) is 0 Å².